The molecule has 0 spiro atoms. The van der Waals surface area contributed by atoms with Gasteiger partial charge in [-0.1, -0.05) is 12.1 Å². The van der Waals surface area contributed by atoms with Crippen molar-refractivity contribution in [3.63, 3.8) is 0 Å². The van der Waals surface area contributed by atoms with Crippen molar-refractivity contribution in [1.29, 1.82) is 0 Å². The number of carbonyl (C=O) groups excluding carboxylic acids is 2. The van der Waals surface area contributed by atoms with Crippen LogP contribution >= 0.6 is 0 Å². The van der Waals surface area contributed by atoms with E-state index in [4.69, 9.17) is 4.74 Å². The predicted octanol–water partition coefficient (Wildman–Crippen LogP) is 3.21. The molecule has 0 unspecified atom stereocenters. The Hall–Kier alpha value is -4.00. The first-order valence-corrected chi connectivity index (χ1v) is 8.63. The first-order valence-electron chi connectivity index (χ1n) is 8.63. The molecule has 0 aliphatic carbocycles. The molecule has 0 fully saturated rings. The Morgan fingerprint density at radius 2 is 1.71 bits per heavy atom. The number of fused-ring (bicyclic) bond motifs is 2. The van der Waals surface area contributed by atoms with Gasteiger partial charge < -0.3 is 4.74 Å². The molecule has 0 radical (unpaired) electrons. The van der Waals surface area contributed by atoms with E-state index in [0.29, 0.717) is 34.0 Å². The average molecular weight is 370 g/mol. The molecule has 28 heavy (non-hydrogen) atoms. The number of hydrogen-bond donors (Lipinski definition) is 0. The third-order valence-electron chi connectivity index (χ3n) is 4.75. The van der Waals surface area contributed by atoms with Crippen LogP contribution in [0.3, 0.4) is 0 Å². The number of benzene rings is 2. The molecule has 1 aliphatic rings. The highest BCUT2D eigenvalue weighted by Crippen LogP contribution is 2.37. The first-order chi connectivity index (χ1) is 13.7. The van der Waals surface area contributed by atoms with Gasteiger partial charge in [0.1, 0.15) is 5.75 Å². The first kappa shape index (κ1) is 16.2. The Morgan fingerprint density at radius 3 is 2.39 bits per heavy atom. The van der Waals surface area contributed by atoms with Crippen LogP contribution in [-0.4, -0.2) is 33.3 Å². The quantitative estimate of drug-likeness (QED) is 0.518. The number of imide groups is 1. The topological polar surface area (TPSA) is 76.8 Å². The van der Waals surface area contributed by atoms with Crippen molar-refractivity contribution in [2.75, 3.05) is 12.0 Å². The zero-order valence-corrected chi connectivity index (χ0v) is 14.9. The van der Waals surface area contributed by atoms with E-state index in [0.717, 1.165) is 10.5 Å². The minimum Gasteiger partial charge on any atom is -0.495 e. The molecule has 0 saturated heterocycles. The van der Waals surface area contributed by atoms with E-state index in [9.17, 15) is 9.59 Å². The van der Waals surface area contributed by atoms with Crippen molar-refractivity contribution >= 4 is 23.3 Å². The maximum Gasteiger partial charge on any atom is 0.266 e. The lowest BCUT2D eigenvalue weighted by Crippen LogP contribution is -2.29. The maximum atomic E-state index is 12.9. The van der Waals surface area contributed by atoms with Crippen molar-refractivity contribution in [1.82, 2.24) is 14.4 Å². The molecule has 4 aromatic rings. The van der Waals surface area contributed by atoms with Gasteiger partial charge in [-0.3, -0.25) is 14.0 Å². The summed E-state index contributed by atoms with van der Waals surface area (Å²) >= 11 is 0. The minimum absolute atomic E-state index is 0.368. The fourth-order valence-corrected chi connectivity index (χ4v) is 3.40. The van der Waals surface area contributed by atoms with Crippen molar-refractivity contribution in [3.05, 3.63) is 78.2 Å². The van der Waals surface area contributed by atoms with Crippen molar-refractivity contribution in [2.45, 2.75) is 0 Å². The van der Waals surface area contributed by atoms with Crippen LogP contribution in [0, 0.1) is 0 Å². The highest BCUT2D eigenvalue weighted by molar-refractivity contribution is 6.34. The van der Waals surface area contributed by atoms with Gasteiger partial charge in [-0.05, 0) is 36.4 Å². The normalized spacial score (nSPS) is 13.2. The number of amides is 2. The van der Waals surface area contributed by atoms with Crippen molar-refractivity contribution < 1.29 is 14.3 Å². The molecule has 136 valence electrons. The zero-order valence-electron chi connectivity index (χ0n) is 14.9. The molecular formula is C21H14N4O3. The summed E-state index contributed by atoms with van der Waals surface area (Å²) in [7, 11) is 1.51. The summed E-state index contributed by atoms with van der Waals surface area (Å²) in [6.45, 7) is 0. The number of aromatic nitrogens is 3. The molecule has 2 aromatic heterocycles. The second kappa shape index (κ2) is 6.02. The third kappa shape index (κ3) is 2.30. The monoisotopic (exact) mass is 370 g/mol. The second-order valence-corrected chi connectivity index (χ2v) is 6.33. The summed E-state index contributed by atoms with van der Waals surface area (Å²) in [6.07, 6.45) is 5.37. The molecule has 5 rings (SSSR count). The Labute approximate surface area is 159 Å². The van der Waals surface area contributed by atoms with Crippen LogP contribution < -0.4 is 9.64 Å². The van der Waals surface area contributed by atoms with Gasteiger partial charge in [0.05, 0.1) is 29.6 Å². The molecule has 0 saturated carbocycles. The van der Waals surface area contributed by atoms with Crippen LogP contribution in [0.15, 0.2) is 67.1 Å². The van der Waals surface area contributed by atoms with Crippen LogP contribution in [0.1, 0.15) is 20.7 Å². The highest BCUT2D eigenvalue weighted by Gasteiger charge is 2.37. The average Bonchev–Trinajstić information content (AvgIpc) is 3.27. The number of imidazole rings is 1. The van der Waals surface area contributed by atoms with E-state index in [-0.39, 0.29) is 11.8 Å². The molecule has 3 heterocycles. The van der Waals surface area contributed by atoms with Crippen molar-refractivity contribution in [2.24, 2.45) is 0 Å². The van der Waals surface area contributed by atoms with E-state index in [1.165, 1.54) is 7.11 Å². The summed E-state index contributed by atoms with van der Waals surface area (Å²) in [4.78, 5) is 35.6. The van der Waals surface area contributed by atoms with E-state index < -0.39 is 0 Å². The zero-order chi connectivity index (χ0) is 19.3. The van der Waals surface area contributed by atoms with Crippen molar-refractivity contribution in [3.8, 4) is 17.0 Å². The number of carbonyl (C=O) groups is 2. The number of hydrogen-bond acceptors (Lipinski definition) is 5. The molecular weight excluding hydrogens is 356 g/mol. The standard InChI is InChI=1S/C21H14N4O3/c1-28-18-8-7-13(16-12-24-10-4-9-22-21(24)23-16)11-17(18)25-19(26)14-5-2-3-6-15(14)20(25)27/h2-12H,1H3. The SMILES string of the molecule is COc1ccc(-c2cn3cccnc3n2)cc1N1C(=O)c2ccccc2C1=O. The van der Waals surface area contributed by atoms with E-state index in [1.54, 1.807) is 47.0 Å². The molecule has 0 N–H and O–H groups in total. The summed E-state index contributed by atoms with van der Waals surface area (Å²) in [5, 5.41) is 0. The van der Waals surface area contributed by atoms with Gasteiger partial charge in [0.25, 0.3) is 11.8 Å². The molecule has 7 nitrogen and oxygen atoms in total. The van der Waals surface area contributed by atoms with Crippen LogP contribution in [-0.2, 0) is 0 Å². The van der Waals surface area contributed by atoms with Gasteiger partial charge in [0, 0.05) is 24.2 Å². The van der Waals surface area contributed by atoms with Crippen LogP contribution in [0.4, 0.5) is 5.69 Å². The van der Waals surface area contributed by atoms with Crippen LogP contribution in [0.25, 0.3) is 17.0 Å². The van der Waals surface area contributed by atoms with E-state index in [2.05, 4.69) is 9.97 Å². The molecule has 2 aromatic carbocycles. The summed E-state index contributed by atoms with van der Waals surface area (Å²) in [5.41, 5.74) is 2.59. The molecule has 1 aliphatic heterocycles. The van der Waals surface area contributed by atoms with Gasteiger partial charge in [-0.15, -0.1) is 0 Å². The second-order valence-electron chi connectivity index (χ2n) is 6.33. The highest BCUT2D eigenvalue weighted by atomic mass is 16.5. The summed E-state index contributed by atoms with van der Waals surface area (Å²) in [5.74, 6) is 0.260. The largest absolute Gasteiger partial charge is 0.495 e. The Kier molecular flexibility index (Phi) is 3.48. The number of nitrogens with zero attached hydrogens (tertiary/aromatic N) is 4. The number of methoxy groups -OCH3 is 1. The molecule has 0 atom stereocenters. The Bertz CT molecular complexity index is 1190. The summed E-state index contributed by atoms with van der Waals surface area (Å²) in [6, 6.07) is 13.9. The lowest BCUT2D eigenvalue weighted by Gasteiger charge is -2.18. The lowest BCUT2D eigenvalue weighted by molar-refractivity contribution is 0.0925. The van der Waals surface area contributed by atoms with E-state index >= 15 is 0 Å². The smallest absolute Gasteiger partial charge is 0.266 e. The van der Waals surface area contributed by atoms with E-state index in [1.807, 2.05) is 24.5 Å². The minimum atomic E-state index is -0.368. The fraction of sp³-hybridized carbons (Fsp3) is 0.0476. The molecule has 2 amide bonds. The molecule has 7 heteroatoms. The van der Waals surface area contributed by atoms with Gasteiger partial charge in [-0.25, -0.2) is 14.9 Å². The number of anilines is 1. The number of ether oxygens (including phenoxy) is 1. The third-order valence-corrected chi connectivity index (χ3v) is 4.75. The molecule has 0 bridgehead atoms. The lowest BCUT2D eigenvalue weighted by atomic mass is 10.1. The Balaban J connectivity index is 1.65. The van der Waals surface area contributed by atoms with Crippen LogP contribution in [0.5, 0.6) is 5.75 Å². The van der Waals surface area contributed by atoms with Crippen LogP contribution in [0.2, 0.25) is 0 Å². The Morgan fingerprint density at radius 1 is 0.964 bits per heavy atom. The van der Waals surface area contributed by atoms with Gasteiger partial charge in [0.2, 0.25) is 5.78 Å². The summed E-state index contributed by atoms with van der Waals surface area (Å²) < 4.78 is 7.23. The predicted molar refractivity (Wildman–Crippen MR) is 103 cm³/mol. The van der Waals surface area contributed by atoms with Gasteiger partial charge in [0.15, 0.2) is 0 Å². The van der Waals surface area contributed by atoms with Gasteiger partial charge in [-0.2, -0.15) is 0 Å². The number of rotatable bonds is 3. The van der Waals surface area contributed by atoms with Gasteiger partial charge >= 0.3 is 0 Å². The maximum absolute atomic E-state index is 12.9. The fourth-order valence-electron chi connectivity index (χ4n) is 3.40.